The van der Waals surface area contributed by atoms with Gasteiger partial charge in [-0.15, -0.1) is 0 Å². The first kappa shape index (κ1) is 14.3. The molecule has 0 unspecified atom stereocenters. The first-order chi connectivity index (χ1) is 7.91. The van der Waals surface area contributed by atoms with E-state index in [1.807, 2.05) is 19.9 Å². The van der Waals surface area contributed by atoms with E-state index < -0.39 is 24.4 Å². The number of aliphatic hydroxyl groups is 3. The minimum atomic E-state index is -1.25. The Labute approximate surface area is 101 Å². The molecule has 5 nitrogen and oxygen atoms in total. The summed E-state index contributed by atoms with van der Waals surface area (Å²) in [6.45, 7) is 3.75. The van der Waals surface area contributed by atoms with E-state index in [2.05, 4.69) is 0 Å². The molecule has 1 fully saturated rings. The fourth-order valence-electron chi connectivity index (χ4n) is 1.67. The third-order valence-corrected chi connectivity index (χ3v) is 2.77. The van der Waals surface area contributed by atoms with Crippen molar-refractivity contribution in [1.82, 2.24) is 0 Å². The molecule has 0 aromatic heterocycles. The molecule has 5 heteroatoms. The van der Waals surface area contributed by atoms with Crippen LogP contribution >= 0.6 is 0 Å². The topological polar surface area (TPSA) is 87.0 Å². The normalized spacial score (nSPS) is 33.2. The van der Waals surface area contributed by atoms with Crippen LogP contribution in [0.1, 0.15) is 26.7 Å². The summed E-state index contributed by atoms with van der Waals surface area (Å²) >= 11 is 0. The van der Waals surface area contributed by atoms with E-state index in [1.165, 1.54) is 0 Å². The van der Waals surface area contributed by atoms with Crippen molar-refractivity contribution < 1.29 is 24.9 Å². The van der Waals surface area contributed by atoms with Crippen molar-refractivity contribution in [3.63, 3.8) is 0 Å². The lowest BCUT2D eigenvalue weighted by molar-refractivity contribution is -0.188. The Kier molecular flexibility index (Phi) is 5.27. The Bertz CT molecular complexity index is 295. The van der Waals surface area contributed by atoms with Crippen molar-refractivity contribution in [2.75, 3.05) is 6.61 Å². The van der Waals surface area contributed by atoms with Crippen molar-refractivity contribution in [2.45, 2.75) is 51.1 Å². The van der Waals surface area contributed by atoms with Gasteiger partial charge in [0, 0.05) is 12.8 Å². The monoisotopic (exact) mass is 244 g/mol. The van der Waals surface area contributed by atoms with Crippen molar-refractivity contribution in [3.8, 4) is 0 Å². The standard InChI is InChI=1S/C12H20O5/c1-7(2)3-4-8(13)5-10-12(16)11(15)9(14)6-17-10/h3,9-12,14-16H,4-6H2,1-2H3/t9-,10+,11+,12+/m1/s1. The second kappa shape index (κ2) is 6.26. The van der Waals surface area contributed by atoms with Crippen LogP contribution in [0.15, 0.2) is 11.6 Å². The number of carbonyl (C=O) groups excluding carboxylic acids is 1. The molecule has 0 bridgehead atoms. The van der Waals surface area contributed by atoms with Crippen LogP contribution in [-0.4, -0.2) is 52.1 Å². The highest BCUT2D eigenvalue weighted by atomic mass is 16.5. The van der Waals surface area contributed by atoms with E-state index in [1.54, 1.807) is 0 Å². The molecule has 4 atom stereocenters. The van der Waals surface area contributed by atoms with Gasteiger partial charge in [0.2, 0.25) is 0 Å². The Hall–Kier alpha value is -0.750. The maximum absolute atomic E-state index is 11.6. The molecule has 0 amide bonds. The summed E-state index contributed by atoms with van der Waals surface area (Å²) < 4.78 is 5.15. The molecule has 1 saturated heterocycles. The van der Waals surface area contributed by atoms with Gasteiger partial charge in [-0.1, -0.05) is 11.6 Å². The number of ketones is 1. The fraction of sp³-hybridized carbons (Fsp3) is 0.750. The summed E-state index contributed by atoms with van der Waals surface area (Å²) in [4.78, 5) is 11.6. The van der Waals surface area contributed by atoms with Crippen molar-refractivity contribution in [3.05, 3.63) is 11.6 Å². The first-order valence-electron chi connectivity index (χ1n) is 5.72. The Morgan fingerprint density at radius 1 is 1.29 bits per heavy atom. The van der Waals surface area contributed by atoms with Gasteiger partial charge in [0.1, 0.15) is 24.1 Å². The van der Waals surface area contributed by atoms with Gasteiger partial charge < -0.3 is 20.1 Å². The molecular formula is C12H20O5. The van der Waals surface area contributed by atoms with Gasteiger partial charge in [-0.2, -0.15) is 0 Å². The lowest BCUT2D eigenvalue weighted by Crippen LogP contribution is -2.53. The highest BCUT2D eigenvalue weighted by molar-refractivity contribution is 5.80. The second-order valence-corrected chi connectivity index (χ2v) is 4.65. The number of ether oxygens (including phenoxy) is 1. The average molecular weight is 244 g/mol. The Balaban J connectivity index is 2.46. The lowest BCUT2D eigenvalue weighted by atomic mass is 9.95. The van der Waals surface area contributed by atoms with Crippen LogP contribution in [0.5, 0.6) is 0 Å². The van der Waals surface area contributed by atoms with E-state index in [4.69, 9.17) is 4.74 Å². The first-order valence-corrected chi connectivity index (χ1v) is 5.72. The van der Waals surface area contributed by atoms with E-state index >= 15 is 0 Å². The van der Waals surface area contributed by atoms with E-state index in [-0.39, 0.29) is 18.8 Å². The summed E-state index contributed by atoms with van der Waals surface area (Å²) in [7, 11) is 0. The largest absolute Gasteiger partial charge is 0.388 e. The van der Waals surface area contributed by atoms with Gasteiger partial charge in [0.05, 0.1) is 12.7 Å². The van der Waals surface area contributed by atoms with Gasteiger partial charge >= 0.3 is 0 Å². The van der Waals surface area contributed by atoms with Gasteiger partial charge in [-0.05, 0) is 13.8 Å². The Morgan fingerprint density at radius 3 is 2.53 bits per heavy atom. The molecule has 1 aliphatic heterocycles. The molecular weight excluding hydrogens is 224 g/mol. The number of rotatable bonds is 4. The predicted octanol–water partition coefficient (Wildman–Crippen LogP) is -0.217. The van der Waals surface area contributed by atoms with Gasteiger partial charge in [-0.25, -0.2) is 0 Å². The van der Waals surface area contributed by atoms with Crippen molar-refractivity contribution in [2.24, 2.45) is 0 Å². The molecule has 0 aromatic carbocycles. The number of hydrogen-bond donors (Lipinski definition) is 3. The van der Waals surface area contributed by atoms with Gasteiger partial charge in [0.25, 0.3) is 0 Å². The number of hydrogen-bond acceptors (Lipinski definition) is 5. The fourth-order valence-corrected chi connectivity index (χ4v) is 1.67. The van der Waals surface area contributed by atoms with Crippen molar-refractivity contribution >= 4 is 5.78 Å². The molecule has 3 N–H and O–H groups in total. The highest BCUT2D eigenvalue weighted by Crippen LogP contribution is 2.19. The summed E-state index contributed by atoms with van der Waals surface area (Å²) in [5, 5.41) is 28.3. The van der Waals surface area contributed by atoms with Crippen LogP contribution < -0.4 is 0 Å². The highest BCUT2D eigenvalue weighted by Gasteiger charge is 2.38. The summed E-state index contributed by atoms with van der Waals surface area (Å²) in [5.74, 6) is -0.0566. The zero-order valence-electron chi connectivity index (χ0n) is 10.2. The molecule has 0 aliphatic carbocycles. The molecule has 17 heavy (non-hydrogen) atoms. The van der Waals surface area contributed by atoms with Gasteiger partial charge in [0.15, 0.2) is 0 Å². The summed E-state index contributed by atoms with van der Waals surface area (Å²) in [6, 6.07) is 0. The van der Waals surface area contributed by atoms with E-state index in [0.29, 0.717) is 6.42 Å². The molecule has 98 valence electrons. The van der Waals surface area contributed by atoms with Crippen molar-refractivity contribution in [1.29, 1.82) is 0 Å². The van der Waals surface area contributed by atoms with Crippen LogP contribution in [0.4, 0.5) is 0 Å². The molecule has 0 saturated carbocycles. The van der Waals surface area contributed by atoms with Crippen LogP contribution in [0, 0.1) is 0 Å². The molecule has 0 radical (unpaired) electrons. The van der Waals surface area contributed by atoms with Crippen LogP contribution in [0.25, 0.3) is 0 Å². The summed E-state index contributed by atoms with van der Waals surface area (Å²) in [6.07, 6.45) is -2.12. The zero-order chi connectivity index (χ0) is 13.0. The average Bonchev–Trinajstić information content (AvgIpc) is 2.27. The lowest BCUT2D eigenvalue weighted by Gasteiger charge is -2.34. The Morgan fingerprint density at radius 2 is 1.94 bits per heavy atom. The molecule has 0 spiro atoms. The maximum Gasteiger partial charge on any atom is 0.139 e. The third kappa shape index (κ3) is 4.20. The number of allylic oxidation sites excluding steroid dienone is 2. The third-order valence-electron chi connectivity index (χ3n) is 2.77. The van der Waals surface area contributed by atoms with E-state index in [0.717, 1.165) is 5.57 Å². The number of aliphatic hydroxyl groups excluding tert-OH is 3. The second-order valence-electron chi connectivity index (χ2n) is 4.65. The number of Topliss-reactive ketones (excluding diaryl/α,β-unsaturated/α-hetero) is 1. The van der Waals surface area contributed by atoms with Crippen LogP contribution in [-0.2, 0) is 9.53 Å². The molecule has 1 rings (SSSR count). The zero-order valence-corrected chi connectivity index (χ0v) is 10.2. The molecule has 0 aromatic rings. The minimum Gasteiger partial charge on any atom is -0.388 e. The van der Waals surface area contributed by atoms with Crippen LogP contribution in [0.2, 0.25) is 0 Å². The molecule has 1 aliphatic rings. The predicted molar refractivity (Wildman–Crippen MR) is 61.4 cm³/mol. The molecule has 1 heterocycles. The summed E-state index contributed by atoms with van der Waals surface area (Å²) in [5.41, 5.74) is 1.05. The quantitative estimate of drug-likeness (QED) is 0.595. The smallest absolute Gasteiger partial charge is 0.139 e. The van der Waals surface area contributed by atoms with Crippen LogP contribution in [0.3, 0.4) is 0 Å². The minimum absolute atomic E-state index is 0.0503. The number of carbonyl (C=O) groups is 1. The maximum atomic E-state index is 11.6. The van der Waals surface area contributed by atoms with Gasteiger partial charge in [-0.3, -0.25) is 4.79 Å². The van der Waals surface area contributed by atoms with E-state index in [9.17, 15) is 20.1 Å². The SMILES string of the molecule is CC(C)=CCC(=O)C[C@@H]1OC[C@@H](O)[C@H](O)[C@H]1O.